The van der Waals surface area contributed by atoms with Crippen molar-refractivity contribution in [3.8, 4) is 5.75 Å². The van der Waals surface area contributed by atoms with Crippen LogP contribution in [0.1, 0.15) is 32.6 Å². The number of amides is 2. The number of carbonyl (C=O) groups excluding carboxylic acids is 2. The molecule has 2 fully saturated rings. The molecule has 5 nitrogen and oxygen atoms in total. The molecule has 0 unspecified atom stereocenters. The van der Waals surface area contributed by atoms with Gasteiger partial charge in [-0.1, -0.05) is 12.1 Å². The summed E-state index contributed by atoms with van der Waals surface area (Å²) < 4.78 is 5.61. The predicted molar refractivity (Wildman–Crippen MR) is 86.3 cm³/mol. The van der Waals surface area contributed by atoms with E-state index in [1.165, 1.54) is 25.7 Å². The van der Waals surface area contributed by atoms with Crippen molar-refractivity contribution in [3.05, 3.63) is 24.3 Å². The number of benzene rings is 1. The average Bonchev–Trinajstić information content (AvgIpc) is 3.42. The van der Waals surface area contributed by atoms with Crippen LogP contribution in [0.3, 0.4) is 0 Å². The highest BCUT2D eigenvalue weighted by Crippen LogP contribution is 2.44. The predicted octanol–water partition coefficient (Wildman–Crippen LogP) is 2.11. The number of nitrogens with zero attached hydrogens (tertiary/aromatic N) is 1. The van der Waals surface area contributed by atoms with Gasteiger partial charge in [0.1, 0.15) is 12.3 Å². The summed E-state index contributed by atoms with van der Waals surface area (Å²) in [4.78, 5) is 26.5. The number of hydrogen-bond donors (Lipinski definition) is 1. The van der Waals surface area contributed by atoms with E-state index in [-0.39, 0.29) is 18.4 Å². The molecule has 1 N–H and O–H groups in total. The molecule has 122 valence electrons. The fraction of sp³-hybridized carbons (Fsp3) is 0.556. The summed E-state index contributed by atoms with van der Waals surface area (Å²) in [6, 6.07) is 7.70. The zero-order valence-electron chi connectivity index (χ0n) is 13.3. The molecule has 3 aliphatic rings. The molecule has 1 atom stereocenters. The van der Waals surface area contributed by atoms with Gasteiger partial charge >= 0.3 is 0 Å². The smallest absolute Gasteiger partial charge is 0.268 e. The quantitative estimate of drug-likeness (QED) is 0.905. The first-order valence-electron chi connectivity index (χ1n) is 8.50. The topological polar surface area (TPSA) is 58.6 Å². The number of fused-ring (bicyclic) bond motifs is 1. The minimum atomic E-state index is -0.555. The summed E-state index contributed by atoms with van der Waals surface area (Å²) in [5, 5.41) is 3.18. The molecule has 2 aliphatic carbocycles. The Morgan fingerprint density at radius 1 is 1.26 bits per heavy atom. The molecule has 2 amide bonds. The molecular weight excluding hydrogens is 292 g/mol. The minimum Gasteiger partial charge on any atom is -0.479 e. The van der Waals surface area contributed by atoms with Crippen LogP contribution in [0.5, 0.6) is 5.75 Å². The summed E-state index contributed by atoms with van der Waals surface area (Å²) in [6.45, 7) is 1.79. The Labute approximate surface area is 136 Å². The van der Waals surface area contributed by atoms with Crippen molar-refractivity contribution in [3.63, 3.8) is 0 Å². The molecular formula is C18H22N2O3. The second-order valence-corrected chi connectivity index (χ2v) is 6.92. The standard InChI is InChI=1S/C18H22N2O3/c1-11-18(22)20(14-4-2-3-5-15(14)23-11)10-16(21)19-17(12-6-7-12)13-8-9-13/h2-5,11-13,17H,6-10H2,1H3,(H,19,21)/t11-/m0/s1. The number of nitrogens with one attached hydrogen (secondary N) is 1. The van der Waals surface area contributed by atoms with Crippen LogP contribution >= 0.6 is 0 Å². The van der Waals surface area contributed by atoms with Crippen molar-refractivity contribution in [2.24, 2.45) is 11.8 Å². The molecule has 1 heterocycles. The second kappa shape index (κ2) is 5.55. The van der Waals surface area contributed by atoms with Crippen molar-refractivity contribution in [2.75, 3.05) is 11.4 Å². The lowest BCUT2D eigenvalue weighted by atomic mass is 10.1. The Morgan fingerprint density at radius 3 is 2.57 bits per heavy atom. The van der Waals surface area contributed by atoms with Crippen LogP contribution in [0, 0.1) is 11.8 Å². The van der Waals surface area contributed by atoms with Crippen LogP contribution in [0.4, 0.5) is 5.69 Å². The van der Waals surface area contributed by atoms with Gasteiger partial charge in [0.15, 0.2) is 6.10 Å². The molecule has 5 heteroatoms. The van der Waals surface area contributed by atoms with Crippen LogP contribution in [0.25, 0.3) is 0 Å². The molecule has 23 heavy (non-hydrogen) atoms. The number of hydrogen-bond acceptors (Lipinski definition) is 3. The van der Waals surface area contributed by atoms with Crippen LogP contribution in [0.2, 0.25) is 0 Å². The monoisotopic (exact) mass is 314 g/mol. The average molecular weight is 314 g/mol. The van der Waals surface area contributed by atoms with Gasteiger partial charge in [0.25, 0.3) is 5.91 Å². The third-order valence-electron chi connectivity index (χ3n) is 4.96. The molecule has 0 radical (unpaired) electrons. The van der Waals surface area contributed by atoms with Crippen LogP contribution in [-0.4, -0.2) is 30.5 Å². The fourth-order valence-corrected chi connectivity index (χ4v) is 3.43. The normalized spacial score (nSPS) is 23.5. The summed E-state index contributed by atoms with van der Waals surface area (Å²) in [5.74, 6) is 1.74. The van der Waals surface area contributed by atoms with E-state index in [0.29, 0.717) is 29.3 Å². The van der Waals surface area contributed by atoms with E-state index < -0.39 is 6.10 Å². The van der Waals surface area contributed by atoms with Crippen molar-refractivity contribution in [1.82, 2.24) is 5.32 Å². The number of carbonyl (C=O) groups is 2. The maximum Gasteiger partial charge on any atom is 0.268 e. The van der Waals surface area contributed by atoms with Crippen molar-refractivity contribution < 1.29 is 14.3 Å². The molecule has 0 aromatic heterocycles. The number of ether oxygens (including phenoxy) is 1. The second-order valence-electron chi connectivity index (χ2n) is 6.92. The maximum absolute atomic E-state index is 12.5. The van der Waals surface area contributed by atoms with Gasteiger partial charge in [-0.2, -0.15) is 0 Å². The molecule has 0 spiro atoms. The van der Waals surface area contributed by atoms with Crippen molar-refractivity contribution in [1.29, 1.82) is 0 Å². The Hall–Kier alpha value is -2.04. The van der Waals surface area contributed by atoms with Gasteiger partial charge < -0.3 is 10.1 Å². The lowest BCUT2D eigenvalue weighted by molar-refractivity contribution is -0.128. The number of anilines is 1. The first-order valence-corrected chi connectivity index (χ1v) is 8.50. The third kappa shape index (κ3) is 2.92. The SMILES string of the molecule is C[C@@H]1Oc2ccccc2N(CC(=O)NC(C2CC2)C2CC2)C1=O. The molecule has 1 aromatic rings. The van der Waals surface area contributed by atoms with Gasteiger partial charge in [-0.05, 0) is 56.6 Å². The van der Waals surface area contributed by atoms with E-state index in [2.05, 4.69) is 5.32 Å². The Balaban J connectivity index is 1.48. The lowest BCUT2D eigenvalue weighted by Gasteiger charge is -2.33. The molecule has 2 saturated carbocycles. The van der Waals surface area contributed by atoms with Crippen molar-refractivity contribution >= 4 is 17.5 Å². The largest absolute Gasteiger partial charge is 0.479 e. The van der Waals surface area contributed by atoms with Gasteiger partial charge in [-0.15, -0.1) is 0 Å². The van der Waals surface area contributed by atoms with Gasteiger partial charge in [0.2, 0.25) is 5.91 Å². The van der Waals surface area contributed by atoms with E-state index in [0.717, 1.165) is 0 Å². The molecule has 1 aliphatic heterocycles. The van der Waals surface area contributed by atoms with Gasteiger partial charge in [-0.25, -0.2) is 0 Å². The number of rotatable bonds is 5. The van der Waals surface area contributed by atoms with E-state index in [1.54, 1.807) is 11.8 Å². The molecule has 1 aromatic carbocycles. The Morgan fingerprint density at radius 2 is 1.91 bits per heavy atom. The van der Waals surface area contributed by atoms with E-state index in [4.69, 9.17) is 4.74 Å². The summed E-state index contributed by atoms with van der Waals surface area (Å²) >= 11 is 0. The number of para-hydroxylation sites is 2. The molecule has 0 bridgehead atoms. The summed E-state index contributed by atoms with van der Waals surface area (Å²) in [6.07, 6.45) is 4.32. The molecule has 0 saturated heterocycles. The zero-order chi connectivity index (χ0) is 16.0. The zero-order valence-corrected chi connectivity index (χ0v) is 13.3. The van der Waals surface area contributed by atoms with Gasteiger partial charge in [0.05, 0.1) is 5.69 Å². The van der Waals surface area contributed by atoms with Crippen LogP contribution < -0.4 is 15.0 Å². The first kappa shape index (κ1) is 14.5. The van der Waals surface area contributed by atoms with Gasteiger partial charge in [0, 0.05) is 6.04 Å². The summed E-state index contributed by atoms with van der Waals surface area (Å²) in [5.41, 5.74) is 0.681. The highest BCUT2D eigenvalue weighted by atomic mass is 16.5. The summed E-state index contributed by atoms with van der Waals surface area (Å²) in [7, 11) is 0. The fourth-order valence-electron chi connectivity index (χ4n) is 3.43. The Bertz CT molecular complexity index is 625. The van der Waals surface area contributed by atoms with Crippen LogP contribution in [0.15, 0.2) is 24.3 Å². The van der Waals surface area contributed by atoms with Crippen molar-refractivity contribution in [2.45, 2.75) is 44.8 Å². The highest BCUT2D eigenvalue weighted by Gasteiger charge is 2.42. The van der Waals surface area contributed by atoms with E-state index in [1.807, 2.05) is 24.3 Å². The van der Waals surface area contributed by atoms with Crippen LogP contribution in [-0.2, 0) is 9.59 Å². The van der Waals surface area contributed by atoms with E-state index >= 15 is 0 Å². The lowest BCUT2D eigenvalue weighted by Crippen LogP contribution is -2.50. The minimum absolute atomic E-state index is 0.0638. The molecule has 4 rings (SSSR count). The van der Waals surface area contributed by atoms with Gasteiger partial charge in [-0.3, -0.25) is 14.5 Å². The third-order valence-corrected chi connectivity index (χ3v) is 4.96. The first-order chi connectivity index (χ1) is 11.1. The highest BCUT2D eigenvalue weighted by molar-refractivity contribution is 6.03. The van der Waals surface area contributed by atoms with E-state index in [9.17, 15) is 9.59 Å². The Kier molecular flexibility index (Phi) is 3.51. The maximum atomic E-state index is 12.5.